The summed E-state index contributed by atoms with van der Waals surface area (Å²) in [5.41, 5.74) is 8.05. The topological polar surface area (TPSA) is 65.4 Å². The van der Waals surface area contributed by atoms with E-state index in [0.29, 0.717) is 23.6 Å². The fourth-order valence-corrected chi connectivity index (χ4v) is 5.54. The largest absolute Gasteiger partial charge is 0.382 e. The Hall–Kier alpha value is -3.32. The lowest BCUT2D eigenvalue weighted by Gasteiger charge is -2.43. The summed E-state index contributed by atoms with van der Waals surface area (Å²) in [6.07, 6.45) is 6.37. The third-order valence-electron chi connectivity index (χ3n) is 7.33. The van der Waals surface area contributed by atoms with Crippen molar-refractivity contribution < 1.29 is 13.5 Å². The zero-order chi connectivity index (χ0) is 22.8. The maximum Gasteiger partial charge on any atom is 0.298 e. The van der Waals surface area contributed by atoms with Crippen molar-refractivity contribution in [1.82, 2.24) is 14.4 Å². The molecule has 3 fully saturated rings. The van der Waals surface area contributed by atoms with E-state index in [4.69, 9.17) is 15.5 Å². The Morgan fingerprint density at radius 3 is 2.42 bits per heavy atom. The molecule has 0 atom stereocenters. The van der Waals surface area contributed by atoms with Crippen molar-refractivity contribution in [3.63, 3.8) is 0 Å². The molecule has 2 aliphatic heterocycles. The molecule has 2 aromatic carbocycles. The minimum Gasteiger partial charge on any atom is -0.382 e. The highest BCUT2D eigenvalue weighted by molar-refractivity contribution is 5.85. The third-order valence-corrected chi connectivity index (χ3v) is 7.33. The number of nitrogens with two attached hydrogens (primary N) is 1. The van der Waals surface area contributed by atoms with Gasteiger partial charge in [0.25, 0.3) is 5.92 Å². The van der Waals surface area contributed by atoms with Crippen LogP contribution in [0.5, 0.6) is 0 Å². The number of benzene rings is 2. The molecule has 7 heteroatoms. The normalized spacial score (nSPS) is 24.2. The van der Waals surface area contributed by atoms with Gasteiger partial charge in [-0.3, -0.25) is 4.40 Å². The number of nitrogens with zero attached hydrogens (tertiary/aromatic N) is 3. The molecule has 0 spiro atoms. The lowest BCUT2D eigenvalue weighted by atomic mass is 9.61. The van der Waals surface area contributed by atoms with Crippen LogP contribution in [0, 0.1) is 0 Å². The summed E-state index contributed by atoms with van der Waals surface area (Å²) in [4.78, 5) is 9.26. The first-order valence-corrected chi connectivity index (χ1v) is 11.2. The number of alkyl halides is 2. The maximum absolute atomic E-state index is 15.0. The molecule has 0 unspecified atom stereocenters. The van der Waals surface area contributed by atoms with Gasteiger partial charge >= 0.3 is 0 Å². The number of ether oxygens (including phenoxy) is 1. The lowest BCUT2D eigenvalue weighted by molar-refractivity contribution is -0.00689. The number of halogens is 2. The minimum absolute atomic E-state index is 0.0364. The second-order valence-electron chi connectivity index (χ2n) is 9.29. The van der Waals surface area contributed by atoms with Crippen LogP contribution < -0.4 is 5.73 Å². The summed E-state index contributed by atoms with van der Waals surface area (Å²) < 4.78 is 38.1. The van der Waals surface area contributed by atoms with Crippen LogP contribution in [0.1, 0.15) is 43.1 Å². The van der Waals surface area contributed by atoms with E-state index in [1.54, 1.807) is 36.5 Å². The summed E-state index contributed by atoms with van der Waals surface area (Å²) >= 11 is 0. The number of imidazole rings is 1. The lowest BCUT2D eigenvalue weighted by Crippen LogP contribution is -2.47. The van der Waals surface area contributed by atoms with Crippen LogP contribution in [0.25, 0.3) is 16.8 Å². The molecule has 168 valence electrons. The number of aromatic nitrogens is 3. The van der Waals surface area contributed by atoms with Crippen LogP contribution in [0.4, 0.5) is 14.6 Å². The first-order valence-electron chi connectivity index (χ1n) is 11.2. The second-order valence-corrected chi connectivity index (χ2v) is 9.29. The molecule has 5 nitrogen and oxygen atoms in total. The Morgan fingerprint density at radius 2 is 1.76 bits per heavy atom. The number of hydrogen-bond donors (Lipinski definition) is 1. The average Bonchev–Trinajstić information content (AvgIpc) is 3.50. The summed E-state index contributed by atoms with van der Waals surface area (Å²) in [6.45, 7) is 2.78. The number of hydrogen-bond acceptors (Lipinski definition) is 4. The van der Waals surface area contributed by atoms with Crippen molar-refractivity contribution >= 4 is 11.3 Å². The van der Waals surface area contributed by atoms with Gasteiger partial charge in [0.2, 0.25) is 0 Å². The highest BCUT2D eigenvalue weighted by Gasteiger charge is 2.64. The molecule has 0 amide bonds. The minimum atomic E-state index is -3.09. The molecular formula is C26H24F2N4O. The maximum atomic E-state index is 15.0. The molecule has 33 heavy (non-hydrogen) atoms. The number of anilines is 1. The molecular weight excluding hydrogens is 422 g/mol. The van der Waals surface area contributed by atoms with Crippen LogP contribution in [0.2, 0.25) is 0 Å². The Balaban J connectivity index is 1.43. The van der Waals surface area contributed by atoms with Crippen molar-refractivity contribution in [1.29, 1.82) is 0 Å². The Kier molecular flexibility index (Phi) is 4.21. The van der Waals surface area contributed by atoms with Crippen molar-refractivity contribution in [3.05, 3.63) is 83.9 Å². The fourth-order valence-electron chi connectivity index (χ4n) is 5.54. The van der Waals surface area contributed by atoms with E-state index in [9.17, 15) is 0 Å². The molecule has 7 rings (SSSR count). The summed E-state index contributed by atoms with van der Waals surface area (Å²) in [6, 6.07) is 14.1. The van der Waals surface area contributed by atoms with Gasteiger partial charge in [-0.05, 0) is 19.3 Å². The van der Waals surface area contributed by atoms with Gasteiger partial charge in [0, 0.05) is 29.1 Å². The molecule has 2 saturated heterocycles. The van der Waals surface area contributed by atoms with E-state index < -0.39 is 5.92 Å². The van der Waals surface area contributed by atoms with Crippen molar-refractivity contribution in [2.45, 2.75) is 43.1 Å². The van der Waals surface area contributed by atoms with E-state index >= 15 is 8.78 Å². The fraction of sp³-hybridized carbons (Fsp3) is 0.308. The van der Waals surface area contributed by atoms with Gasteiger partial charge in [0.1, 0.15) is 22.9 Å². The first kappa shape index (κ1) is 20.3. The Labute approximate surface area is 190 Å². The van der Waals surface area contributed by atoms with E-state index in [2.05, 4.69) is 11.9 Å². The van der Waals surface area contributed by atoms with Gasteiger partial charge in [-0.25, -0.2) is 9.97 Å². The molecule has 2 aromatic heterocycles. The molecule has 0 radical (unpaired) electrons. The van der Waals surface area contributed by atoms with Crippen molar-refractivity contribution in [2.24, 2.45) is 0 Å². The third kappa shape index (κ3) is 2.85. The molecule has 2 N–H and O–H groups in total. The standard InChI is InChI=1S/C26H24F2N4O/c1-2-25-14-24(15-25,16-33-25)23-31-20(21-22(29)30-12-13-32(21)23)17-8-10-19(11-9-17)26(27,28)18-6-4-3-5-7-18/h3-13H,2,14-16H2,1H3,(H2,29,30). The summed E-state index contributed by atoms with van der Waals surface area (Å²) in [7, 11) is 0. The SMILES string of the molecule is CCC12CC(c3nc(-c4ccc(C(F)(F)c5ccccc5)cc4)c4c(N)nccn34)(CO1)C2. The van der Waals surface area contributed by atoms with Crippen LogP contribution >= 0.6 is 0 Å². The van der Waals surface area contributed by atoms with Gasteiger partial charge < -0.3 is 10.5 Å². The first-order chi connectivity index (χ1) is 15.9. The number of nitrogen functional groups attached to an aromatic ring is 1. The molecule has 1 aliphatic carbocycles. The van der Waals surface area contributed by atoms with Gasteiger partial charge in [0.05, 0.1) is 17.6 Å². The average molecular weight is 447 g/mol. The highest BCUT2D eigenvalue weighted by Crippen LogP contribution is 2.60. The highest BCUT2D eigenvalue weighted by atomic mass is 19.3. The molecule has 1 saturated carbocycles. The molecule has 4 aromatic rings. The summed E-state index contributed by atoms with van der Waals surface area (Å²) in [5, 5.41) is 0. The van der Waals surface area contributed by atoms with Crippen LogP contribution in [-0.4, -0.2) is 26.6 Å². The van der Waals surface area contributed by atoms with E-state index in [1.165, 1.54) is 24.3 Å². The monoisotopic (exact) mass is 446 g/mol. The van der Waals surface area contributed by atoms with Crippen LogP contribution in [0.15, 0.2) is 67.0 Å². The van der Waals surface area contributed by atoms with Crippen LogP contribution in [0.3, 0.4) is 0 Å². The number of rotatable bonds is 5. The molecule has 3 aliphatic rings. The zero-order valence-corrected chi connectivity index (χ0v) is 18.3. The van der Waals surface area contributed by atoms with Gasteiger partial charge in [-0.1, -0.05) is 61.5 Å². The van der Waals surface area contributed by atoms with Crippen molar-refractivity contribution in [3.8, 4) is 11.3 Å². The predicted molar refractivity (Wildman–Crippen MR) is 122 cm³/mol. The van der Waals surface area contributed by atoms with Gasteiger partial charge in [-0.2, -0.15) is 8.78 Å². The number of fused-ring (bicyclic) bond motifs is 2. The summed E-state index contributed by atoms with van der Waals surface area (Å²) in [5.74, 6) is -1.82. The van der Waals surface area contributed by atoms with Gasteiger partial charge in [0.15, 0.2) is 0 Å². The smallest absolute Gasteiger partial charge is 0.298 e. The Bertz CT molecular complexity index is 1340. The molecule has 4 heterocycles. The van der Waals surface area contributed by atoms with Crippen LogP contribution in [-0.2, 0) is 16.1 Å². The van der Waals surface area contributed by atoms with Gasteiger partial charge in [-0.15, -0.1) is 0 Å². The molecule has 2 bridgehead atoms. The predicted octanol–water partition coefficient (Wildman–Crippen LogP) is 5.33. The van der Waals surface area contributed by atoms with E-state index in [-0.39, 0.29) is 22.1 Å². The quantitative estimate of drug-likeness (QED) is 0.450. The Morgan fingerprint density at radius 1 is 1.06 bits per heavy atom. The van der Waals surface area contributed by atoms with Crippen molar-refractivity contribution in [2.75, 3.05) is 12.3 Å². The van der Waals surface area contributed by atoms with E-state index in [1.807, 2.05) is 10.6 Å². The zero-order valence-electron chi connectivity index (χ0n) is 18.3. The second kappa shape index (κ2) is 6.84. The van der Waals surface area contributed by atoms with E-state index in [0.717, 1.165) is 30.7 Å².